The van der Waals surface area contributed by atoms with E-state index in [0.717, 1.165) is 28.2 Å². The second kappa shape index (κ2) is 15.2. The van der Waals surface area contributed by atoms with E-state index in [1.165, 1.54) is 49.9 Å². The number of nitrogens with zero attached hydrogens (tertiary/aromatic N) is 7. The summed E-state index contributed by atoms with van der Waals surface area (Å²) in [5.41, 5.74) is 12.5. The average Bonchev–Trinajstić information content (AvgIpc) is 3.56. The molecule has 0 radical (unpaired) electrons. The van der Waals surface area contributed by atoms with Crippen LogP contribution in [-0.4, -0.2) is 9.97 Å². The summed E-state index contributed by atoms with van der Waals surface area (Å²) in [6.45, 7) is 17.0. The summed E-state index contributed by atoms with van der Waals surface area (Å²) in [5, 5.41) is 38.3. The van der Waals surface area contributed by atoms with E-state index < -0.39 is 0 Å². The molecular formula is C39H36N9SW-. The summed E-state index contributed by atoms with van der Waals surface area (Å²) in [4.78, 5) is 9.11. The van der Waals surface area contributed by atoms with Crippen LogP contribution in [0.15, 0.2) is 81.1 Å². The molecule has 0 saturated carbocycles. The zero-order chi connectivity index (χ0) is 34.8. The van der Waals surface area contributed by atoms with E-state index in [0.29, 0.717) is 38.6 Å². The maximum atomic E-state index is 10.1. The van der Waals surface area contributed by atoms with Crippen molar-refractivity contribution in [3.8, 4) is 6.07 Å². The van der Waals surface area contributed by atoms with Gasteiger partial charge >= 0.3 is 0 Å². The van der Waals surface area contributed by atoms with Crippen LogP contribution >= 0.6 is 11.3 Å². The Bertz CT molecular complexity index is 2320. The molecule has 0 saturated heterocycles. The van der Waals surface area contributed by atoms with Crippen LogP contribution in [0, 0.1) is 72.9 Å². The molecule has 50 heavy (non-hydrogen) atoms. The first-order chi connectivity index (χ1) is 23.6. The first kappa shape index (κ1) is 36.2. The van der Waals surface area contributed by atoms with Gasteiger partial charge in [0.15, 0.2) is 11.6 Å². The van der Waals surface area contributed by atoms with Gasteiger partial charge < -0.3 is 15.6 Å². The summed E-state index contributed by atoms with van der Waals surface area (Å²) >= 11 is 1.23. The van der Waals surface area contributed by atoms with Gasteiger partial charge in [-0.15, -0.1) is 6.20 Å². The molecule has 0 aliphatic rings. The molecule has 6 rings (SSSR count). The standard InChI is InChI=1S/C39H36N9S.W/c1-21-22(2)24(4)34-28(8)35(26(6)25(5)33(34)23(21)3)46-45-32-20-41-39(49-32)48-47-36-27(7)31(19-40)37(42-29-15-11-9-12-16-29)44-38(36)43-30-17-13-10-14-18-30;/h9-18H,1-8H3,(H2,42,43,44);/q-1;. The van der Waals surface area contributed by atoms with Gasteiger partial charge in [0.05, 0.1) is 21.4 Å². The third-order valence-electron chi connectivity index (χ3n) is 9.22. The van der Waals surface area contributed by atoms with Gasteiger partial charge in [0, 0.05) is 38.0 Å². The molecule has 4 aromatic carbocycles. The van der Waals surface area contributed by atoms with Crippen molar-refractivity contribution in [2.45, 2.75) is 55.4 Å². The smallest absolute Gasteiger partial charge is 0.161 e. The summed E-state index contributed by atoms with van der Waals surface area (Å²) in [7, 11) is 0. The van der Waals surface area contributed by atoms with E-state index in [2.05, 4.69) is 91.7 Å². The molecular weight excluding hydrogens is 810 g/mol. The molecule has 0 fully saturated rings. The zero-order valence-electron chi connectivity index (χ0n) is 29.2. The van der Waals surface area contributed by atoms with Crippen molar-refractivity contribution in [2.75, 3.05) is 10.6 Å². The number of hydrogen-bond acceptors (Lipinski definition) is 10. The second-order valence-corrected chi connectivity index (χ2v) is 13.0. The van der Waals surface area contributed by atoms with Crippen LogP contribution in [-0.2, 0) is 21.1 Å². The monoisotopic (exact) mass is 846 g/mol. The summed E-state index contributed by atoms with van der Waals surface area (Å²) < 4.78 is 0. The Labute approximate surface area is 310 Å². The number of aryl methyl sites for hydroxylation is 4. The van der Waals surface area contributed by atoms with Crippen LogP contribution in [0.5, 0.6) is 0 Å². The number of fused-ring (bicyclic) bond motifs is 1. The number of thiazole rings is 1. The van der Waals surface area contributed by atoms with Crippen molar-refractivity contribution in [3.05, 3.63) is 117 Å². The van der Waals surface area contributed by atoms with Gasteiger partial charge in [-0.1, -0.05) is 36.4 Å². The number of para-hydroxylation sites is 2. The number of benzene rings is 4. The number of nitriles is 1. The van der Waals surface area contributed by atoms with E-state index in [1.807, 2.05) is 67.6 Å². The Kier molecular flexibility index (Phi) is 11.0. The van der Waals surface area contributed by atoms with E-state index in [4.69, 9.17) is 10.1 Å². The average molecular weight is 847 g/mol. The molecule has 11 heteroatoms. The van der Waals surface area contributed by atoms with Crippen molar-refractivity contribution in [3.63, 3.8) is 0 Å². The Balaban J connectivity index is 0.00000486. The first-order valence-corrected chi connectivity index (χ1v) is 16.7. The summed E-state index contributed by atoms with van der Waals surface area (Å²) in [5.74, 6) is 0.859. The maximum Gasteiger partial charge on any atom is 0.161 e. The minimum Gasteiger partial charge on any atom is -0.423 e. The maximum absolute atomic E-state index is 10.1. The number of anilines is 4. The van der Waals surface area contributed by atoms with Crippen molar-refractivity contribution in [1.82, 2.24) is 9.97 Å². The fourth-order valence-corrected chi connectivity index (χ4v) is 6.63. The van der Waals surface area contributed by atoms with Crippen LogP contribution in [0.25, 0.3) is 10.8 Å². The number of pyridine rings is 1. The molecule has 2 aromatic heterocycles. The van der Waals surface area contributed by atoms with Crippen LogP contribution in [0.3, 0.4) is 0 Å². The molecule has 0 bridgehead atoms. The molecule has 2 heterocycles. The molecule has 2 N–H and O–H groups in total. The number of rotatable bonds is 8. The SMILES string of the molecule is Cc1c(C#N)c(Nc2ccccc2)nc(Nc2ccccc2)c1N=Nc1n[c-]c(N=Nc2c(C)c(C)c3c(C)c(C)c(C)c(C)c3c2C)s1.[W]. The van der Waals surface area contributed by atoms with E-state index in [-0.39, 0.29) is 21.1 Å². The van der Waals surface area contributed by atoms with Gasteiger partial charge in [0.1, 0.15) is 11.8 Å². The third-order valence-corrected chi connectivity index (χ3v) is 9.94. The molecule has 0 amide bonds. The Morgan fingerprint density at radius 3 is 1.70 bits per heavy atom. The van der Waals surface area contributed by atoms with Gasteiger partial charge in [-0.05, 0) is 129 Å². The largest absolute Gasteiger partial charge is 0.423 e. The molecule has 0 unspecified atom stereocenters. The van der Waals surface area contributed by atoms with Crippen LogP contribution in [0.2, 0.25) is 0 Å². The van der Waals surface area contributed by atoms with Crippen molar-refractivity contribution in [1.29, 1.82) is 5.26 Å². The third kappa shape index (κ3) is 6.98. The molecule has 6 aromatic rings. The zero-order valence-corrected chi connectivity index (χ0v) is 33.0. The number of nitrogens with one attached hydrogen (secondary N) is 2. The normalized spacial score (nSPS) is 11.3. The molecule has 0 aliphatic carbocycles. The molecule has 9 nitrogen and oxygen atoms in total. The molecule has 0 aliphatic heterocycles. The van der Waals surface area contributed by atoms with Crippen molar-refractivity contribution < 1.29 is 21.1 Å². The van der Waals surface area contributed by atoms with Gasteiger partial charge in [0.2, 0.25) is 0 Å². The van der Waals surface area contributed by atoms with Crippen molar-refractivity contribution >= 4 is 66.6 Å². The Morgan fingerprint density at radius 1 is 0.600 bits per heavy atom. The fraction of sp³-hybridized carbons (Fsp3) is 0.205. The van der Waals surface area contributed by atoms with Gasteiger partial charge in [-0.3, -0.25) is 0 Å². The molecule has 0 spiro atoms. The Hall–Kier alpha value is -5.10. The summed E-state index contributed by atoms with van der Waals surface area (Å²) in [6.07, 6.45) is 2.93. The summed E-state index contributed by atoms with van der Waals surface area (Å²) in [6, 6.07) is 21.5. The molecule has 0 atom stereocenters. The minimum absolute atomic E-state index is 0. The number of hydrogen-bond donors (Lipinski definition) is 2. The quantitative estimate of drug-likeness (QED) is 0.117. The van der Waals surface area contributed by atoms with Crippen LogP contribution < -0.4 is 10.6 Å². The molecule has 250 valence electrons. The van der Waals surface area contributed by atoms with E-state index in [9.17, 15) is 5.26 Å². The minimum atomic E-state index is 0. The van der Waals surface area contributed by atoms with Crippen LogP contribution in [0.4, 0.5) is 44.5 Å². The van der Waals surface area contributed by atoms with Gasteiger partial charge in [-0.25, -0.2) is 10.1 Å². The fourth-order valence-electron chi connectivity index (χ4n) is 6.11. The second-order valence-electron chi connectivity index (χ2n) is 12.0. The topological polar surface area (TPSA) is 123 Å². The predicted octanol–water partition coefficient (Wildman–Crippen LogP) is 12.1. The number of azo groups is 2. The first-order valence-electron chi connectivity index (χ1n) is 15.9. The van der Waals surface area contributed by atoms with Gasteiger partial charge in [-0.2, -0.15) is 31.9 Å². The predicted molar refractivity (Wildman–Crippen MR) is 200 cm³/mol. The Morgan fingerprint density at radius 2 is 1.12 bits per heavy atom. The van der Waals surface area contributed by atoms with Crippen molar-refractivity contribution in [2.24, 2.45) is 20.5 Å². The van der Waals surface area contributed by atoms with Crippen LogP contribution in [0.1, 0.15) is 50.1 Å². The van der Waals surface area contributed by atoms with E-state index in [1.54, 1.807) is 0 Å². The number of aromatic nitrogens is 2. The van der Waals surface area contributed by atoms with E-state index >= 15 is 0 Å². The van der Waals surface area contributed by atoms with Gasteiger partial charge in [0.25, 0.3) is 0 Å².